The van der Waals surface area contributed by atoms with E-state index in [0.717, 1.165) is 5.69 Å². The van der Waals surface area contributed by atoms with E-state index in [-0.39, 0.29) is 0 Å². The summed E-state index contributed by atoms with van der Waals surface area (Å²) >= 11 is 0. The van der Waals surface area contributed by atoms with E-state index in [9.17, 15) is 0 Å². The zero-order valence-corrected chi connectivity index (χ0v) is 10.4. The van der Waals surface area contributed by atoms with Crippen molar-refractivity contribution in [1.29, 1.82) is 0 Å². The second kappa shape index (κ2) is 4.20. The lowest BCUT2D eigenvalue weighted by atomic mass is 9.95. The predicted molar refractivity (Wildman–Crippen MR) is 67.7 cm³/mol. The highest BCUT2D eigenvalue weighted by atomic mass is 15.1. The standard InChI is InChI=1S/C14H18N2/c1-9(2)11-6-5-7-12-13(11)8-15-16-14(12)10(3)4/h5-10H,1-4H3. The second-order valence-corrected chi connectivity index (χ2v) is 4.85. The van der Waals surface area contributed by atoms with Crippen LogP contribution < -0.4 is 0 Å². The molecular formula is C14H18N2. The highest BCUT2D eigenvalue weighted by Gasteiger charge is 2.11. The van der Waals surface area contributed by atoms with Crippen molar-refractivity contribution in [3.8, 4) is 0 Å². The van der Waals surface area contributed by atoms with Gasteiger partial charge in [-0.25, -0.2) is 0 Å². The summed E-state index contributed by atoms with van der Waals surface area (Å²) in [6.45, 7) is 8.74. The summed E-state index contributed by atoms with van der Waals surface area (Å²) in [7, 11) is 0. The van der Waals surface area contributed by atoms with E-state index in [1.165, 1.54) is 16.3 Å². The lowest BCUT2D eigenvalue weighted by Crippen LogP contribution is -1.99. The first-order chi connectivity index (χ1) is 7.61. The van der Waals surface area contributed by atoms with Crippen molar-refractivity contribution in [1.82, 2.24) is 10.2 Å². The van der Waals surface area contributed by atoms with Crippen LogP contribution in [0.1, 0.15) is 50.8 Å². The molecule has 0 N–H and O–H groups in total. The van der Waals surface area contributed by atoms with Gasteiger partial charge in [0.1, 0.15) is 0 Å². The molecule has 0 saturated heterocycles. The molecule has 0 aliphatic rings. The lowest BCUT2D eigenvalue weighted by Gasteiger charge is -2.12. The summed E-state index contributed by atoms with van der Waals surface area (Å²) in [5, 5.41) is 10.9. The molecule has 0 atom stereocenters. The van der Waals surface area contributed by atoms with Gasteiger partial charge < -0.3 is 0 Å². The highest BCUT2D eigenvalue weighted by Crippen LogP contribution is 2.28. The van der Waals surface area contributed by atoms with Crippen LogP contribution in [-0.2, 0) is 0 Å². The fraction of sp³-hybridized carbons (Fsp3) is 0.429. The Morgan fingerprint density at radius 3 is 2.31 bits per heavy atom. The summed E-state index contributed by atoms with van der Waals surface area (Å²) in [5.74, 6) is 0.937. The summed E-state index contributed by atoms with van der Waals surface area (Å²) < 4.78 is 0. The Hall–Kier alpha value is -1.44. The molecule has 0 unspecified atom stereocenters. The highest BCUT2D eigenvalue weighted by molar-refractivity contribution is 5.87. The molecule has 0 spiro atoms. The molecule has 0 aliphatic heterocycles. The van der Waals surface area contributed by atoms with Crippen molar-refractivity contribution >= 4 is 10.8 Å². The molecule has 0 aliphatic carbocycles. The van der Waals surface area contributed by atoms with Crippen molar-refractivity contribution in [2.24, 2.45) is 0 Å². The number of aromatic nitrogens is 2. The first-order valence-corrected chi connectivity index (χ1v) is 5.85. The maximum atomic E-state index is 4.26. The molecular weight excluding hydrogens is 196 g/mol. The fourth-order valence-electron chi connectivity index (χ4n) is 2.08. The van der Waals surface area contributed by atoms with Crippen molar-refractivity contribution in [2.45, 2.75) is 39.5 Å². The Bertz CT molecular complexity index is 454. The Labute approximate surface area is 96.7 Å². The summed E-state index contributed by atoms with van der Waals surface area (Å²) in [4.78, 5) is 0. The van der Waals surface area contributed by atoms with Gasteiger partial charge in [0.25, 0.3) is 0 Å². The van der Waals surface area contributed by atoms with Gasteiger partial charge in [-0.1, -0.05) is 45.9 Å². The minimum atomic E-state index is 0.415. The van der Waals surface area contributed by atoms with E-state index < -0.39 is 0 Å². The van der Waals surface area contributed by atoms with E-state index in [1.807, 2.05) is 6.20 Å². The van der Waals surface area contributed by atoms with Crippen molar-refractivity contribution < 1.29 is 0 Å². The molecule has 16 heavy (non-hydrogen) atoms. The maximum absolute atomic E-state index is 4.26. The maximum Gasteiger partial charge on any atom is 0.0734 e. The monoisotopic (exact) mass is 214 g/mol. The minimum absolute atomic E-state index is 0.415. The molecule has 0 fully saturated rings. The van der Waals surface area contributed by atoms with Gasteiger partial charge in [-0.2, -0.15) is 10.2 Å². The average Bonchev–Trinajstić information content (AvgIpc) is 2.27. The van der Waals surface area contributed by atoms with Crippen LogP contribution in [0, 0.1) is 0 Å². The molecule has 1 aromatic carbocycles. The van der Waals surface area contributed by atoms with Crippen LogP contribution in [0.5, 0.6) is 0 Å². The third-order valence-electron chi connectivity index (χ3n) is 2.94. The molecule has 2 heteroatoms. The SMILES string of the molecule is CC(C)c1cccc2c(C(C)C)nncc12. The van der Waals surface area contributed by atoms with E-state index in [0.29, 0.717) is 11.8 Å². The van der Waals surface area contributed by atoms with Crippen LogP contribution in [0.3, 0.4) is 0 Å². The molecule has 84 valence electrons. The Morgan fingerprint density at radius 1 is 0.938 bits per heavy atom. The number of nitrogens with zero attached hydrogens (tertiary/aromatic N) is 2. The van der Waals surface area contributed by atoms with Crippen LogP contribution in [0.25, 0.3) is 10.8 Å². The summed E-state index contributed by atoms with van der Waals surface area (Å²) in [6, 6.07) is 6.44. The van der Waals surface area contributed by atoms with Crippen molar-refractivity contribution in [3.63, 3.8) is 0 Å². The zero-order chi connectivity index (χ0) is 11.7. The largest absolute Gasteiger partial charge is 0.158 e. The van der Waals surface area contributed by atoms with Crippen LogP contribution in [-0.4, -0.2) is 10.2 Å². The number of benzene rings is 1. The molecule has 0 radical (unpaired) electrons. The van der Waals surface area contributed by atoms with Gasteiger partial charge in [-0.15, -0.1) is 0 Å². The predicted octanol–water partition coefficient (Wildman–Crippen LogP) is 3.88. The van der Waals surface area contributed by atoms with Gasteiger partial charge in [0, 0.05) is 10.8 Å². The van der Waals surface area contributed by atoms with Gasteiger partial charge in [0.2, 0.25) is 0 Å². The fourth-order valence-corrected chi connectivity index (χ4v) is 2.08. The van der Waals surface area contributed by atoms with Crippen LogP contribution in [0.15, 0.2) is 24.4 Å². The Kier molecular flexibility index (Phi) is 2.90. The van der Waals surface area contributed by atoms with E-state index in [1.54, 1.807) is 0 Å². The quantitative estimate of drug-likeness (QED) is 0.758. The third-order valence-corrected chi connectivity index (χ3v) is 2.94. The Balaban J connectivity index is 2.76. The number of rotatable bonds is 2. The van der Waals surface area contributed by atoms with E-state index in [4.69, 9.17) is 0 Å². The number of hydrogen-bond donors (Lipinski definition) is 0. The van der Waals surface area contributed by atoms with Crippen molar-refractivity contribution in [3.05, 3.63) is 35.7 Å². The molecule has 0 bridgehead atoms. The van der Waals surface area contributed by atoms with Gasteiger partial charge >= 0.3 is 0 Å². The molecule has 2 rings (SSSR count). The first kappa shape index (κ1) is 11.1. The third kappa shape index (κ3) is 1.80. The van der Waals surface area contributed by atoms with Crippen LogP contribution >= 0.6 is 0 Å². The molecule has 2 aromatic rings. The van der Waals surface area contributed by atoms with Gasteiger partial charge in [-0.3, -0.25) is 0 Å². The van der Waals surface area contributed by atoms with Crippen LogP contribution in [0.4, 0.5) is 0 Å². The average molecular weight is 214 g/mol. The van der Waals surface area contributed by atoms with Gasteiger partial charge in [0.15, 0.2) is 0 Å². The first-order valence-electron chi connectivity index (χ1n) is 5.85. The lowest BCUT2D eigenvalue weighted by molar-refractivity contribution is 0.797. The van der Waals surface area contributed by atoms with Crippen molar-refractivity contribution in [2.75, 3.05) is 0 Å². The van der Waals surface area contributed by atoms with Crippen LogP contribution in [0.2, 0.25) is 0 Å². The molecule has 2 nitrogen and oxygen atoms in total. The molecule has 0 saturated carbocycles. The van der Waals surface area contributed by atoms with Gasteiger partial charge in [-0.05, 0) is 17.4 Å². The molecule has 1 aromatic heterocycles. The van der Waals surface area contributed by atoms with E-state index in [2.05, 4.69) is 56.1 Å². The Morgan fingerprint density at radius 2 is 1.69 bits per heavy atom. The smallest absolute Gasteiger partial charge is 0.0734 e. The topological polar surface area (TPSA) is 25.8 Å². The molecule has 0 amide bonds. The summed E-state index contributed by atoms with van der Waals surface area (Å²) in [6.07, 6.45) is 1.89. The van der Waals surface area contributed by atoms with E-state index >= 15 is 0 Å². The number of hydrogen-bond acceptors (Lipinski definition) is 2. The normalized spacial score (nSPS) is 11.6. The molecule has 1 heterocycles. The zero-order valence-electron chi connectivity index (χ0n) is 10.4. The minimum Gasteiger partial charge on any atom is -0.158 e. The number of fused-ring (bicyclic) bond motifs is 1. The van der Waals surface area contributed by atoms with Gasteiger partial charge in [0.05, 0.1) is 11.9 Å². The summed E-state index contributed by atoms with van der Waals surface area (Å²) in [5.41, 5.74) is 2.45. The second-order valence-electron chi connectivity index (χ2n) is 4.85.